The SMILES string of the molecule is C[Si](C)(C)CCOCn1cc(-c2sc3c4c2OCCN4[C@H](CC#N)CNC3=O)cn1. The first kappa shape index (κ1) is 20.9. The zero-order valence-corrected chi connectivity index (χ0v) is 19.4. The fraction of sp³-hybridized carbons (Fsp3) is 0.550. The standard InChI is InChI=1S/C20H27N5O3SSi/c1-30(2,3)9-8-27-13-24-12-14(10-23-24)18-17-16-19(29-18)20(26)22-11-15(4-5-21)25(16)6-7-28-17/h10,12,15H,4,6-9,11,13H2,1-3H3,(H,22,26)/t15-/m1/s1. The van der Waals surface area contributed by atoms with Crippen molar-refractivity contribution in [2.75, 3.05) is 31.2 Å². The number of hydrogen-bond acceptors (Lipinski definition) is 7. The van der Waals surface area contributed by atoms with Crippen LogP contribution in [0.3, 0.4) is 0 Å². The Morgan fingerprint density at radius 3 is 3.03 bits per heavy atom. The number of carbonyl (C=O) groups excluding carboxylic acids is 1. The molecule has 2 aliphatic heterocycles. The van der Waals surface area contributed by atoms with E-state index in [1.807, 2.05) is 6.20 Å². The Bertz CT molecular complexity index is 974. The third-order valence-electron chi connectivity index (χ3n) is 5.29. The number of carbonyl (C=O) groups is 1. The fourth-order valence-corrected chi connectivity index (χ4v) is 5.55. The Morgan fingerprint density at radius 2 is 2.27 bits per heavy atom. The van der Waals surface area contributed by atoms with Crippen molar-refractivity contribution in [1.82, 2.24) is 15.1 Å². The molecule has 2 aromatic heterocycles. The van der Waals surface area contributed by atoms with E-state index in [0.29, 0.717) is 37.7 Å². The second kappa shape index (κ2) is 8.41. The molecule has 1 N–H and O–H groups in total. The van der Waals surface area contributed by atoms with Crippen LogP contribution in [0.25, 0.3) is 10.4 Å². The fourth-order valence-electron chi connectivity index (χ4n) is 3.65. The van der Waals surface area contributed by atoms with Crippen LogP contribution in [0, 0.1) is 11.3 Å². The predicted octanol–water partition coefficient (Wildman–Crippen LogP) is 3.15. The molecule has 0 saturated heterocycles. The summed E-state index contributed by atoms with van der Waals surface area (Å²) in [6.45, 7) is 9.79. The molecule has 0 bridgehead atoms. The summed E-state index contributed by atoms with van der Waals surface area (Å²) >= 11 is 1.42. The number of rotatable bonds is 7. The van der Waals surface area contributed by atoms with Crippen molar-refractivity contribution in [2.24, 2.45) is 0 Å². The van der Waals surface area contributed by atoms with Gasteiger partial charge in [0.05, 0.1) is 36.2 Å². The molecule has 2 aromatic rings. The Balaban J connectivity index is 1.57. The second-order valence-electron chi connectivity index (χ2n) is 8.82. The zero-order chi connectivity index (χ0) is 21.3. The van der Waals surface area contributed by atoms with Crippen LogP contribution in [0.4, 0.5) is 5.69 Å². The van der Waals surface area contributed by atoms with E-state index in [2.05, 4.69) is 41.0 Å². The molecule has 2 aliphatic rings. The van der Waals surface area contributed by atoms with Crippen molar-refractivity contribution in [3.63, 3.8) is 0 Å². The van der Waals surface area contributed by atoms with Crippen LogP contribution in [-0.4, -0.2) is 56.1 Å². The number of nitriles is 1. The van der Waals surface area contributed by atoms with Crippen LogP contribution in [0.1, 0.15) is 16.1 Å². The van der Waals surface area contributed by atoms with E-state index in [0.717, 1.165) is 34.5 Å². The highest BCUT2D eigenvalue weighted by atomic mass is 32.1. The van der Waals surface area contributed by atoms with Gasteiger partial charge in [-0.1, -0.05) is 19.6 Å². The largest absolute Gasteiger partial charge is 0.488 e. The van der Waals surface area contributed by atoms with Gasteiger partial charge in [0.15, 0.2) is 5.75 Å². The van der Waals surface area contributed by atoms with Gasteiger partial charge >= 0.3 is 0 Å². The topological polar surface area (TPSA) is 92.4 Å². The van der Waals surface area contributed by atoms with Gasteiger partial charge in [-0.3, -0.25) is 4.79 Å². The molecule has 0 spiro atoms. The summed E-state index contributed by atoms with van der Waals surface area (Å²) in [5, 5.41) is 16.6. The molecule has 10 heteroatoms. The highest BCUT2D eigenvalue weighted by molar-refractivity contribution is 7.18. The van der Waals surface area contributed by atoms with E-state index in [1.54, 1.807) is 10.9 Å². The first-order chi connectivity index (χ1) is 14.4. The number of nitrogens with zero attached hydrogens (tertiary/aromatic N) is 4. The molecular formula is C20H27N5O3SSi. The summed E-state index contributed by atoms with van der Waals surface area (Å²) < 4.78 is 13.6. The minimum Gasteiger partial charge on any atom is -0.488 e. The van der Waals surface area contributed by atoms with E-state index in [-0.39, 0.29) is 11.9 Å². The van der Waals surface area contributed by atoms with Crippen molar-refractivity contribution < 1.29 is 14.3 Å². The number of amides is 1. The molecule has 160 valence electrons. The van der Waals surface area contributed by atoms with E-state index in [9.17, 15) is 10.1 Å². The maximum absolute atomic E-state index is 12.7. The number of nitrogens with one attached hydrogen (secondary N) is 1. The van der Waals surface area contributed by atoms with Gasteiger partial charge in [0.25, 0.3) is 5.91 Å². The monoisotopic (exact) mass is 445 g/mol. The van der Waals surface area contributed by atoms with Gasteiger partial charge in [0, 0.05) is 33.0 Å². The minimum atomic E-state index is -1.12. The number of thiophene rings is 1. The molecule has 0 saturated carbocycles. The van der Waals surface area contributed by atoms with Crippen LogP contribution in [0.2, 0.25) is 25.7 Å². The van der Waals surface area contributed by atoms with Crippen molar-refractivity contribution in [3.8, 4) is 22.3 Å². The van der Waals surface area contributed by atoms with Gasteiger partial charge in [-0.05, 0) is 6.04 Å². The summed E-state index contributed by atoms with van der Waals surface area (Å²) in [7, 11) is -1.12. The van der Waals surface area contributed by atoms with Gasteiger partial charge in [-0.25, -0.2) is 4.68 Å². The summed E-state index contributed by atoms with van der Waals surface area (Å²) in [5.41, 5.74) is 1.72. The van der Waals surface area contributed by atoms with E-state index >= 15 is 0 Å². The lowest BCUT2D eigenvalue weighted by Crippen LogP contribution is -2.44. The van der Waals surface area contributed by atoms with Crippen LogP contribution < -0.4 is 15.0 Å². The third-order valence-corrected chi connectivity index (χ3v) is 8.21. The number of hydrogen-bond donors (Lipinski definition) is 1. The lowest BCUT2D eigenvalue weighted by atomic mass is 10.1. The smallest absolute Gasteiger partial charge is 0.263 e. The predicted molar refractivity (Wildman–Crippen MR) is 119 cm³/mol. The Morgan fingerprint density at radius 1 is 1.43 bits per heavy atom. The summed E-state index contributed by atoms with van der Waals surface area (Å²) in [5.74, 6) is 0.612. The number of aromatic nitrogens is 2. The van der Waals surface area contributed by atoms with E-state index in [1.165, 1.54) is 11.3 Å². The lowest BCUT2D eigenvalue weighted by molar-refractivity contribution is 0.0786. The van der Waals surface area contributed by atoms with Crippen molar-refractivity contribution in [1.29, 1.82) is 5.26 Å². The molecule has 30 heavy (non-hydrogen) atoms. The van der Waals surface area contributed by atoms with Gasteiger partial charge in [0.2, 0.25) is 0 Å². The molecule has 0 radical (unpaired) electrons. The molecule has 4 heterocycles. The quantitative estimate of drug-likeness (QED) is 0.520. The number of ether oxygens (including phenoxy) is 2. The summed E-state index contributed by atoms with van der Waals surface area (Å²) in [4.78, 5) is 16.4. The third kappa shape index (κ3) is 4.24. The van der Waals surface area contributed by atoms with Gasteiger partial charge in [-0.2, -0.15) is 10.4 Å². The summed E-state index contributed by atoms with van der Waals surface area (Å²) in [6, 6.07) is 3.31. The molecule has 0 fully saturated rings. The highest BCUT2D eigenvalue weighted by Crippen LogP contribution is 2.50. The maximum atomic E-state index is 12.7. The number of anilines is 1. The zero-order valence-electron chi connectivity index (χ0n) is 17.6. The first-order valence-electron chi connectivity index (χ1n) is 10.2. The van der Waals surface area contributed by atoms with Crippen LogP contribution >= 0.6 is 11.3 Å². The van der Waals surface area contributed by atoms with Gasteiger partial charge < -0.3 is 19.7 Å². The normalized spacial score (nSPS) is 18.3. The molecule has 4 rings (SSSR count). The Labute approximate surface area is 181 Å². The molecule has 1 amide bonds. The minimum absolute atomic E-state index is 0.0483. The lowest BCUT2D eigenvalue weighted by Gasteiger charge is -2.34. The molecule has 0 unspecified atom stereocenters. The highest BCUT2D eigenvalue weighted by Gasteiger charge is 2.37. The van der Waals surface area contributed by atoms with Gasteiger partial charge in [-0.15, -0.1) is 11.3 Å². The van der Waals surface area contributed by atoms with Crippen molar-refractivity contribution >= 4 is 31.0 Å². The van der Waals surface area contributed by atoms with E-state index < -0.39 is 8.07 Å². The summed E-state index contributed by atoms with van der Waals surface area (Å²) in [6.07, 6.45) is 4.08. The van der Waals surface area contributed by atoms with Crippen LogP contribution in [-0.2, 0) is 11.5 Å². The van der Waals surface area contributed by atoms with Crippen molar-refractivity contribution in [3.05, 3.63) is 17.3 Å². The molecular weight excluding hydrogens is 418 g/mol. The molecule has 1 atom stereocenters. The average molecular weight is 446 g/mol. The van der Waals surface area contributed by atoms with Crippen LogP contribution in [0.15, 0.2) is 12.4 Å². The maximum Gasteiger partial charge on any atom is 0.263 e. The first-order valence-corrected chi connectivity index (χ1v) is 14.7. The molecule has 0 aliphatic carbocycles. The van der Waals surface area contributed by atoms with Gasteiger partial charge in [0.1, 0.15) is 23.9 Å². The Hall–Kier alpha value is -2.35. The average Bonchev–Trinajstić information content (AvgIpc) is 3.29. The molecule has 8 nitrogen and oxygen atoms in total. The molecule has 0 aromatic carbocycles. The van der Waals surface area contributed by atoms with E-state index in [4.69, 9.17) is 9.47 Å². The van der Waals surface area contributed by atoms with Crippen LogP contribution in [0.5, 0.6) is 5.75 Å². The second-order valence-corrected chi connectivity index (χ2v) is 15.5. The Kier molecular flexibility index (Phi) is 5.86. The van der Waals surface area contributed by atoms with Crippen molar-refractivity contribution in [2.45, 2.75) is 44.9 Å².